The van der Waals surface area contributed by atoms with E-state index in [9.17, 15) is 28.8 Å². The van der Waals surface area contributed by atoms with E-state index in [1.54, 1.807) is 20.8 Å². The minimum atomic E-state index is -1.15. The van der Waals surface area contributed by atoms with Crippen LogP contribution in [0.2, 0.25) is 0 Å². The molecule has 5 atom stereocenters. The number of rotatable bonds is 15. The third-order valence-electron chi connectivity index (χ3n) is 7.79. The van der Waals surface area contributed by atoms with Gasteiger partial charge in [0.1, 0.15) is 16.9 Å². The van der Waals surface area contributed by atoms with Crippen molar-refractivity contribution in [1.29, 1.82) is 0 Å². The van der Waals surface area contributed by atoms with Crippen molar-refractivity contribution in [2.45, 2.75) is 103 Å². The fraction of sp³-hybridized carbons (Fsp3) is 0.733. The summed E-state index contributed by atoms with van der Waals surface area (Å²) in [6.45, 7) is 14.6. The van der Waals surface area contributed by atoms with E-state index >= 15 is 0 Å². The molecule has 2 rings (SSSR count). The van der Waals surface area contributed by atoms with E-state index in [0.717, 1.165) is 12.8 Å². The summed E-state index contributed by atoms with van der Waals surface area (Å²) in [7, 11) is 0. The fourth-order valence-electron chi connectivity index (χ4n) is 5.20. The van der Waals surface area contributed by atoms with Crippen molar-refractivity contribution in [3.05, 3.63) is 12.7 Å². The van der Waals surface area contributed by atoms with Crippen molar-refractivity contribution in [3.8, 4) is 0 Å². The quantitative estimate of drug-likeness (QED) is 0.122. The molecule has 2 aliphatic rings. The predicted octanol–water partition coefficient (Wildman–Crippen LogP) is 2.88. The fourth-order valence-corrected chi connectivity index (χ4v) is 5.73. The lowest BCUT2D eigenvalue weighted by atomic mass is 9.85. The molecule has 1 saturated heterocycles. The van der Waals surface area contributed by atoms with Gasteiger partial charge < -0.3 is 26.2 Å². The number of hydrogen-bond donors (Lipinski definition) is 4. The lowest BCUT2D eigenvalue weighted by Crippen LogP contribution is -2.62. The first-order valence-electron chi connectivity index (χ1n) is 15.0. The Morgan fingerprint density at radius 3 is 2.12 bits per heavy atom. The summed E-state index contributed by atoms with van der Waals surface area (Å²) in [5, 5.41) is 10.6. The second-order valence-electron chi connectivity index (χ2n) is 12.8. The van der Waals surface area contributed by atoms with Gasteiger partial charge in [-0.05, 0) is 37.0 Å². The molecule has 0 aromatic heterocycles. The molecule has 1 saturated carbocycles. The molecule has 43 heavy (non-hydrogen) atoms. The number of halogens is 2. The topological polar surface area (TPSA) is 154 Å². The number of urea groups is 1. The van der Waals surface area contributed by atoms with Gasteiger partial charge in [-0.1, -0.05) is 54.0 Å². The van der Waals surface area contributed by atoms with E-state index in [4.69, 9.17) is 23.2 Å². The minimum absolute atomic E-state index is 0.0208. The molecule has 0 aromatic carbocycles. The van der Waals surface area contributed by atoms with Crippen molar-refractivity contribution in [1.82, 2.24) is 26.2 Å². The summed E-state index contributed by atoms with van der Waals surface area (Å²) in [5.41, 5.74) is -0.785. The smallest absolute Gasteiger partial charge is 0.316 e. The molecule has 5 amide bonds. The van der Waals surface area contributed by atoms with Crippen LogP contribution in [-0.4, -0.2) is 82.3 Å². The molecule has 2 fully saturated rings. The lowest BCUT2D eigenvalue weighted by Gasteiger charge is -2.37. The van der Waals surface area contributed by atoms with Crippen molar-refractivity contribution < 1.29 is 28.8 Å². The molecule has 1 heterocycles. The summed E-state index contributed by atoms with van der Waals surface area (Å²) in [5.74, 6) is -3.74. The van der Waals surface area contributed by atoms with Crippen molar-refractivity contribution in [3.63, 3.8) is 0 Å². The van der Waals surface area contributed by atoms with Gasteiger partial charge in [0, 0.05) is 24.9 Å². The SMILES string of the molecule is C=CCNC(=O)C(=O)[C@H](CCC)NC(=O)[C@@H]1C(C(Cl)Cl)CCN1C(=O)[C@@H](NC(=O)N[C@H](C(=O)C1CC1)C(C)C)C(C)(C)C. The van der Waals surface area contributed by atoms with E-state index in [1.165, 1.54) is 11.0 Å². The van der Waals surface area contributed by atoms with Crippen molar-refractivity contribution in [2.24, 2.45) is 23.2 Å². The first-order valence-corrected chi connectivity index (χ1v) is 15.8. The van der Waals surface area contributed by atoms with E-state index in [2.05, 4.69) is 27.8 Å². The zero-order valence-electron chi connectivity index (χ0n) is 26.0. The zero-order chi connectivity index (χ0) is 32.6. The van der Waals surface area contributed by atoms with Gasteiger partial charge in [0.2, 0.25) is 17.6 Å². The van der Waals surface area contributed by atoms with E-state index < -0.39 is 69.9 Å². The standard InChI is InChI=1S/C30H47Cl2N5O6/c1-8-10-19(23(39)27(41)33-14-9-2)34-26(40)21-18(25(31)32)13-15-37(21)28(42)24(30(5,6)7)36-29(43)35-20(16(3)4)22(38)17-11-12-17/h9,16-21,24-25H,2,8,10-15H2,1,3-7H3,(H,33,41)(H,34,40)(H2,35,36,43)/t18?,19-,20-,21-,24+/m0/s1. The zero-order valence-corrected chi connectivity index (χ0v) is 27.5. The second-order valence-corrected chi connectivity index (χ2v) is 14.0. The maximum atomic E-state index is 14.1. The monoisotopic (exact) mass is 643 g/mol. The Balaban J connectivity index is 2.29. The average Bonchev–Trinajstić information content (AvgIpc) is 3.68. The number of nitrogens with zero attached hydrogens (tertiary/aromatic N) is 1. The van der Waals surface area contributed by atoms with E-state index in [1.807, 2.05) is 20.8 Å². The number of carbonyl (C=O) groups excluding carboxylic acids is 6. The highest BCUT2D eigenvalue weighted by Gasteiger charge is 2.49. The number of Topliss-reactive ketones (excluding diaryl/α,β-unsaturated/α-hetero) is 2. The van der Waals surface area contributed by atoms with Gasteiger partial charge in [-0.2, -0.15) is 0 Å². The van der Waals surface area contributed by atoms with Crippen LogP contribution in [0, 0.1) is 23.2 Å². The molecular weight excluding hydrogens is 597 g/mol. The maximum absolute atomic E-state index is 14.1. The van der Waals surface area contributed by atoms with E-state index in [0.29, 0.717) is 12.8 Å². The Kier molecular flexibility index (Phi) is 13.5. The Labute approximate surface area is 264 Å². The first kappa shape index (κ1) is 36.5. The first-order chi connectivity index (χ1) is 20.0. The van der Waals surface area contributed by atoms with Gasteiger partial charge in [0.05, 0.1) is 12.1 Å². The third-order valence-corrected chi connectivity index (χ3v) is 8.44. The van der Waals surface area contributed by atoms with Crippen LogP contribution in [0.25, 0.3) is 0 Å². The van der Waals surface area contributed by atoms with Gasteiger partial charge in [-0.15, -0.1) is 29.8 Å². The Bertz CT molecular complexity index is 1070. The lowest BCUT2D eigenvalue weighted by molar-refractivity contribution is -0.144. The second kappa shape index (κ2) is 15.9. The van der Waals surface area contributed by atoms with Crippen LogP contribution in [0.15, 0.2) is 12.7 Å². The summed E-state index contributed by atoms with van der Waals surface area (Å²) in [4.78, 5) is 79.2. The van der Waals surface area contributed by atoms with Crippen LogP contribution < -0.4 is 21.3 Å². The molecule has 13 heteroatoms. The normalized spacial score (nSPS) is 20.7. The predicted molar refractivity (Wildman–Crippen MR) is 165 cm³/mol. The molecular formula is C30H47Cl2N5O6. The average molecular weight is 645 g/mol. The van der Waals surface area contributed by atoms with Crippen LogP contribution in [0.5, 0.6) is 0 Å². The number of alkyl halides is 2. The van der Waals surface area contributed by atoms with Gasteiger partial charge in [-0.3, -0.25) is 24.0 Å². The molecule has 1 unspecified atom stereocenters. The molecule has 0 bridgehead atoms. The number of ketones is 2. The van der Waals surface area contributed by atoms with Crippen LogP contribution in [0.1, 0.15) is 73.6 Å². The van der Waals surface area contributed by atoms with Crippen molar-refractivity contribution in [2.75, 3.05) is 13.1 Å². The molecule has 242 valence electrons. The van der Waals surface area contributed by atoms with Gasteiger partial charge >= 0.3 is 6.03 Å². The van der Waals surface area contributed by atoms with Crippen LogP contribution >= 0.6 is 23.2 Å². The minimum Gasteiger partial charge on any atom is -0.346 e. The largest absolute Gasteiger partial charge is 0.346 e. The number of amides is 5. The maximum Gasteiger partial charge on any atom is 0.316 e. The summed E-state index contributed by atoms with van der Waals surface area (Å²) in [6.07, 6.45) is 4.05. The Morgan fingerprint density at radius 2 is 1.63 bits per heavy atom. The molecule has 1 aliphatic carbocycles. The van der Waals surface area contributed by atoms with Crippen LogP contribution in [0.4, 0.5) is 4.79 Å². The van der Waals surface area contributed by atoms with Crippen LogP contribution in [0.3, 0.4) is 0 Å². The van der Waals surface area contributed by atoms with Crippen molar-refractivity contribution >= 4 is 58.5 Å². The third kappa shape index (κ3) is 9.93. The molecule has 1 aliphatic heterocycles. The Morgan fingerprint density at radius 1 is 1.00 bits per heavy atom. The van der Waals surface area contributed by atoms with E-state index in [-0.39, 0.29) is 37.1 Å². The number of carbonyl (C=O) groups is 6. The molecule has 4 N–H and O–H groups in total. The highest BCUT2D eigenvalue weighted by molar-refractivity contribution is 6.44. The highest BCUT2D eigenvalue weighted by Crippen LogP contribution is 2.35. The molecule has 0 aromatic rings. The van der Waals surface area contributed by atoms with Gasteiger partial charge in [0.25, 0.3) is 5.91 Å². The summed E-state index contributed by atoms with van der Waals surface area (Å²) in [6, 6.07) is -4.70. The number of likely N-dealkylation sites (tertiary alicyclic amines) is 1. The summed E-state index contributed by atoms with van der Waals surface area (Å²) < 4.78 is 0. The Hall–Kier alpha value is -2.66. The highest BCUT2D eigenvalue weighted by atomic mass is 35.5. The van der Waals surface area contributed by atoms with Gasteiger partial charge in [-0.25, -0.2) is 4.79 Å². The number of nitrogens with one attached hydrogen (secondary N) is 4. The van der Waals surface area contributed by atoms with Gasteiger partial charge in [0.15, 0.2) is 5.78 Å². The molecule has 0 spiro atoms. The summed E-state index contributed by atoms with van der Waals surface area (Å²) >= 11 is 12.5. The number of hydrogen-bond acceptors (Lipinski definition) is 6. The molecule has 11 nitrogen and oxygen atoms in total. The van der Waals surface area contributed by atoms with Crippen LogP contribution in [-0.2, 0) is 24.0 Å². The molecule has 0 radical (unpaired) electrons.